The predicted molar refractivity (Wildman–Crippen MR) is 85.0 cm³/mol. The monoisotopic (exact) mass is 297 g/mol. The van der Waals surface area contributed by atoms with Gasteiger partial charge >= 0.3 is 6.03 Å². The minimum Gasteiger partial charge on any atom is -0.472 e. The predicted octanol–water partition coefficient (Wildman–Crippen LogP) is 3.08. The molecular formula is C17H19N3O2. The third-order valence-corrected chi connectivity index (χ3v) is 3.63. The molecule has 1 aromatic heterocycles. The van der Waals surface area contributed by atoms with Gasteiger partial charge in [0.1, 0.15) is 6.10 Å². The van der Waals surface area contributed by atoms with Crippen LogP contribution in [-0.4, -0.2) is 35.1 Å². The van der Waals surface area contributed by atoms with Crippen molar-refractivity contribution in [2.24, 2.45) is 0 Å². The molecule has 5 nitrogen and oxygen atoms in total. The average molecular weight is 297 g/mol. The van der Waals surface area contributed by atoms with Crippen molar-refractivity contribution in [1.82, 2.24) is 9.88 Å². The number of nitrogens with zero attached hydrogens (tertiary/aromatic N) is 2. The highest BCUT2D eigenvalue weighted by atomic mass is 16.5. The zero-order valence-corrected chi connectivity index (χ0v) is 12.5. The fourth-order valence-electron chi connectivity index (χ4n) is 2.43. The first-order valence-electron chi connectivity index (χ1n) is 7.41. The lowest BCUT2D eigenvalue weighted by Gasteiger charge is -2.17. The Kier molecular flexibility index (Phi) is 4.23. The van der Waals surface area contributed by atoms with Crippen LogP contribution >= 0.6 is 0 Å². The normalized spacial score (nSPS) is 17.3. The molecule has 22 heavy (non-hydrogen) atoms. The van der Waals surface area contributed by atoms with Crippen molar-refractivity contribution < 1.29 is 9.53 Å². The smallest absolute Gasteiger partial charge is 0.321 e. The zero-order valence-electron chi connectivity index (χ0n) is 12.5. The second-order valence-electron chi connectivity index (χ2n) is 5.44. The summed E-state index contributed by atoms with van der Waals surface area (Å²) < 4.78 is 5.83. The molecule has 0 bridgehead atoms. The third kappa shape index (κ3) is 3.55. The molecule has 1 aliphatic rings. The number of carbonyl (C=O) groups is 1. The van der Waals surface area contributed by atoms with E-state index >= 15 is 0 Å². The average Bonchev–Trinajstić information content (AvgIpc) is 2.99. The summed E-state index contributed by atoms with van der Waals surface area (Å²) in [7, 11) is 0. The first kappa shape index (κ1) is 14.4. The Labute approximate surface area is 129 Å². The van der Waals surface area contributed by atoms with Gasteiger partial charge in [-0.05, 0) is 24.6 Å². The summed E-state index contributed by atoms with van der Waals surface area (Å²) in [6.45, 7) is 3.26. The van der Waals surface area contributed by atoms with E-state index in [2.05, 4.69) is 10.3 Å². The second kappa shape index (κ2) is 6.47. The number of ether oxygens (including phenoxy) is 1. The minimum atomic E-state index is -0.0887. The Morgan fingerprint density at radius 2 is 2.09 bits per heavy atom. The molecule has 0 saturated carbocycles. The molecule has 1 atom stereocenters. The van der Waals surface area contributed by atoms with Gasteiger partial charge in [-0.15, -0.1) is 0 Å². The van der Waals surface area contributed by atoms with Gasteiger partial charge in [-0.2, -0.15) is 0 Å². The van der Waals surface area contributed by atoms with Crippen LogP contribution in [-0.2, 0) is 0 Å². The Morgan fingerprint density at radius 1 is 1.27 bits per heavy atom. The molecule has 1 aliphatic heterocycles. The number of rotatable bonds is 3. The quantitative estimate of drug-likeness (QED) is 0.947. The van der Waals surface area contributed by atoms with Crippen LogP contribution in [0.25, 0.3) is 0 Å². The molecule has 114 valence electrons. The van der Waals surface area contributed by atoms with Crippen LogP contribution in [0.15, 0.2) is 48.7 Å². The lowest BCUT2D eigenvalue weighted by Crippen LogP contribution is -2.34. The molecule has 1 N–H and O–H groups in total. The molecule has 2 aromatic rings. The summed E-state index contributed by atoms with van der Waals surface area (Å²) in [6, 6.07) is 13.2. The number of hydrogen-bond donors (Lipinski definition) is 1. The lowest BCUT2D eigenvalue weighted by molar-refractivity contribution is 0.190. The van der Waals surface area contributed by atoms with Crippen molar-refractivity contribution in [2.45, 2.75) is 19.4 Å². The van der Waals surface area contributed by atoms with E-state index in [0.29, 0.717) is 19.0 Å². The molecule has 0 unspecified atom stereocenters. The van der Waals surface area contributed by atoms with Crippen LogP contribution in [0.5, 0.6) is 5.88 Å². The van der Waals surface area contributed by atoms with Crippen molar-refractivity contribution in [3.8, 4) is 5.88 Å². The van der Waals surface area contributed by atoms with Crippen molar-refractivity contribution in [2.75, 3.05) is 18.4 Å². The molecule has 0 aliphatic carbocycles. The summed E-state index contributed by atoms with van der Waals surface area (Å²) in [4.78, 5) is 18.2. The van der Waals surface area contributed by atoms with Gasteiger partial charge in [0, 0.05) is 30.9 Å². The van der Waals surface area contributed by atoms with Crippen LogP contribution < -0.4 is 10.1 Å². The number of pyridine rings is 1. The number of aromatic nitrogens is 1. The number of para-hydroxylation sites is 1. The molecular weight excluding hydrogens is 278 g/mol. The summed E-state index contributed by atoms with van der Waals surface area (Å²) in [5, 5.41) is 2.89. The van der Waals surface area contributed by atoms with Gasteiger partial charge in [0.2, 0.25) is 5.88 Å². The van der Waals surface area contributed by atoms with E-state index in [0.717, 1.165) is 17.7 Å². The number of benzene rings is 1. The Morgan fingerprint density at radius 3 is 2.82 bits per heavy atom. The summed E-state index contributed by atoms with van der Waals surface area (Å²) in [6.07, 6.45) is 2.60. The van der Waals surface area contributed by atoms with Gasteiger partial charge in [0.15, 0.2) is 0 Å². The van der Waals surface area contributed by atoms with Gasteiger partial charge in [-0.1, -0.05) is 24.3 Å². The molecule has 1 fully saturated rings. The molecule has 0 spiro atoms. The van der Waals surface area contributed by atoms with Crippen LogP contribution in [0.3, 0.4) is 0 Å². The van der Waals surface area contributed by atoms with Crippen LogP contribution in [0, 0.1) is 6.92 Å². The third-order valence-electron chi connectivity index (χ3n) is 3.63. The maximum Gasteiger partial charge on any atom is 0.321 e. The molecule has 5 heteroatoms. The van der Waals surface area contributed by atoms with Crippen LogP contribution in [0.2, 0.25) is 0 Å². The number of aryl methyl sites for hydroxylation is 1. The fraction of sp³-hybridized carbons (Fsp3) is 0.294. The van der Waals surface area contributed by atoms with Crippen molar-refractivity contribution in [1.29, 1.82) is 0 Å². The van der Waals surface area contributed by atoms with Crippen LogP contribution in [0.1, 0.15) is 12.0 Å². The molecule has 2 amide bonds. The van der Waals surface area contributed by atoms with E-state index in [-0.39, 0.29) is 12.1 Å². The highest BCUT2D eigenvalue weighted by molar-refractivity contribution is 5.89. The van der Waals surface area contributed by atoms with Gasteiger partial charge in [0.05, 0.1) is 6.54 Å². The van der Waals surface area contributed by atoms with Gasteiger partial charge in [0.25, 0.3) is 0 Å². The molecule has 2 heterocycles. The molecule has 3 rings (SSSR count). The van der Waals surface area contributed by atoms with E-state index in [4.69, 9.17) is 4.74 Å². The first-order valence-corrected chi connectivity index (χ1v) is 7.41. The number of urea groups is 1. The Balaban J connectivity index is 1.53. The molecule has 1 saturated heterocycles. The fourth-order valence-corrected chi connectivity index (χ4v) is 2.43. The van der Waals surface area contributed by atoms with Gasteiger partial charge < -0.3 is 15.0 Å². The zero-order chi connectivity index (χ0) is 15.4. The standard InChI is InChI=1S/C17H19N3O2/c1-13-7-8-16(18-11-13)22-15-9-10-20(12-15)17(21)19-14-5-3-2-4-6-14/h2-8,11,15H,9-10,12H2,1H3,(H,19,21)/t15-/m1/s1. The molecule has 0 radical (unpaired) electrons. The lowest BCUT2D eigenvalue weighted by atomic mass is 10.3. The molecule has 1 aromatic carbocycles. The van der Waals surface area contributed by atoms with Crippen molar-refractivity contribution >= 4 is 11.7 Å². The van der Waals surface area contributed by atoms with Gasteiger partial charge in [-0.3, -0.25) is 0 Å². The number of hydrogen-bond acceptors (Lipinski definition) is 3. The van der Waals surface area contributed by atoms with E-state index in [1.54, 1.807) is 11.1 Å². The second-order valence-corrected chi connectivity index (χ2v) is 5.44. The summed E-state index contributed by atoms with van der Waals surface area (Å²) >= 11 is 0. The number of carbonyl (C=O) groups excluding carboxylic acids is 1. The maximum absolute atomic E-state index is 12.2. The Bertz CT molecular complexity index is 628. The number of likely N-dealkylation sites (tertiary alicyclic amines) is 1. The topological polar surface area (TPSA) is 54.5 Å². The largest absolute Gasteiger partial charge is 0.472 e. The van der Waals surface area contributed by atoms with E-state index < -0.39 is 0 Å². The number of nitrogens with one attached hydrogen (secondary N) is 1. The van der Waals surface area contributed by atoms with Crippen molar-refractivity contribution in [3.05, 3.63) is 54.2 Å². The number of anilines is 1. The maximum atomic E-state index is 12.2. The first-order chi connectivity index (χ1) is 10.7. The van der Waals surface area contributed by atoms with E-state index in [1.165, 1.54) is 0 Å². The van der Waals surface area contributed by atoms with E-state index in [1.807, 2.05) is 49.4 Å². The van der Waals surface area contributed by atoms with Crippen LogP contribution in [0.4, 0.5) is 10.5 Å². The Hall–Kier alpha value is -2.56. The number of amides is 2. The minimum absolute atomic E-state index is 0.00303. The highest BCUT2D eigenvalue weighted by Crippen LogP contribution is 2.18. The van der Waals surface area contributed by atoms with Crippen molar-refractivity contribution in [3.63, 3.8) is 0 Å². The van der Waals surface area contributed by atoms with Gasteiger partial charge in [-0.25, -0.2) is 9.78 Å². The highest BCUT2D eigenvalue weighted by Gasteiger charge is 2.27. The SMILES string of the molecule is Cc1ccc(O[C@@H]2CCN(C(=O)Nc3ccccc3)C2)nc1. The van der Waals surface area contributed by atoms with E-state index in [9.17, 15) is 4.79 Å². The summed E-state index contributed by atoms with van der Waals surface area (Å²) in [5.41, 5.74) is 1.90. The summed E-state index contributed by atoms with van der Waals surface area (Å²) in [5.74, 6) is 0.612.